The molecule has 0 aliphatic heterocycles. The zero-order valence-electron chi connectivity index (χ0n) is 14.1. The number of rotatable bonds is 8. The zero-order chi connectivity index (χ0) is 18.1. The third kappa shape index (κ3) is 5.63. The van der Waals surface area contributed by atoms with Gasteiger partial charge in [-0.25, -0.2) is 19.6 Å². The molecule has 8 nitrogen and oxygen atoms in total. The Labute approximate surface area is 145 Å². The van der Waals surface area contributed by atoms with E-state index in [4.69, 9.17) is 0 Å². The average molecular weight is 344 g/mol. The van der Waals surface area contributed by atoms with Gasteiger partial charge < -0.3 is 9.47 Å². The highest BCUT2D eigenvalue weighted by molar-refractivity contribution is 5.87. The first-order chi connectivity index (χ1) is 12.1. The second kappa shape index (κ2) is 9.45. The highest BCUT2D eigenvalue weighted by Gasteiger charge is 2.08. The van der Waals surface area contributed by atoms with Gasteiger partial charge >= 0.3 is 11.9 Å². The number of nitrogens with one attached hydrogen (secondary N) is 2. The van der Waals surface area contributed by atoms with E-state index in [1.807, 2.05) is 12.1 Å². The summed E-state index contributed by atoms with van der Waals surface area (Å²) in [5.74, 6) is -0.923. The van der Waals surface area contributed by atoms with Crippen LogP contribution in [0.1, 0.15) is 32.4 Å². The Kier molecular flexibility index (Phi) is 7.00. The minimum Gasteiger partial charge on any atom is -0.464 e. The fourth-order valence-electron chi connectivity index (χ4n) is 2.06. The van der Waals surface area contributed by atoms with E-state index in [1.54, 1.807) is 24.3 Å². The van der Waals surface area contributed by atoms with Crippen LogP contribution in [0.5, 0.6) is 0 Å². The van der Waals surface area contributed by atoms with E-state index in [1.165, 1.54) is 14.2 Å². The molecule has 0 aliphatic carbocycles. The summed E-state index contributed by atoms with van der Waals surface area (Å²) in [6, 6.07) is 10.4. The molecule has 2 heterocycles. The molecule has 0 spiro atoms. The van der Waals surface area contributed by atoms with E-state index in [9.17, 15) is 9.59 Å². The molecule has 132 valence electrons. The minimum absolute atomic E-state index is 0.276. The van der Waals surface area contributed by atoms with E-state index < -0.39 is 11.9 Å². The van der Waals surface area contributed by atoms with Crippen molar-refractivity contribution < 1.29 is 19.1 Å². The Morgan fingerprint density at radius 2 is 1.28 bits per heavy atom. The lowest BCUT2D eigenvalue weighted by Crippen LogP contribution is -2.29. The van der Waals surface area contributed by atoms with Gasteiger partial charge in [0, 0.05) is 19.8 Å². The largest absolute Gasteiger partial charge is 0.464 e. The first-order valence-corrected chi connectivity index (χ1v) is 7.64. The van der Waals surface area contributed by atoms with Crippen molar-refractivity contribution >= 4 is 11.9 Å². The normalized spacial score (nSPS) is 10.3. The number of carbonyl (C=O) groups is 2. The molecule has 0 fully saturated rings. The van der Waals surface area contributed by atoms with Crippen LogP contribution in [0.4, 0.5) is 0 Å². The first-order valence-electron chi connectivity index (χ1n) is 7.64. The zero-order valence-corrected chi connectivity index (χ0v) is 14.1. The second-order valence-electron chi connectivity index (χ2n) is 5.04. The number of esters is 2. The molecule has 2 N–H and O–H groups in total. The molecule has 0 aromatic carbocycles. The molecular formula is C17H20N4O4. The summed E-state index contributed by atoms with van der Waals surface area (Å²) in [6.45, 7) is 1.50. The maximum Gasteiger partial charge on any atom is 0.356 e. The molecule has 25 heavy (non-hydrogen) atoms. The number of ether oxygens (including phenoxy) is 2. The van der Waals surface area contributed by atoms with Crippen LogP contribution in [-0.4, -0.2) is 42.8 Å². The van der Waals surface area contributed by atoms with Crippen LogP contribution in [0, 0.1) is 0 Å². The molecule has 0 amide bonds. The number of nitrogens with zero attached hydrogens (tertiary/aromatic N) is 2. The van der Waals surface area contributed by atoms with Gasteiger partial charge in [-0.3, -0.25) is 10.6 Å². The van der Waals surface area contributed by atoms with Crippen molar-refractivity contribution in [3.8, 4) is 0 Å². The van der Waals surface area contributed by atoms with Gasteiger partial charge in [0.2, 0.25) is 0 Å². The van der Waals surface area contributed by atoms with Crippen molar-refractivity contribution in [1.82, 2.24) is 20.6 Å². The molecule has 0 aliphatic rings. The lowest BCUT2D eigenvalue weighted by atomic mass is 10.3. The molecular weight excluding hydrogens is 324 g/mol. The summed E-state index contributed by atoms with van der Waals surface area (Å²) >= 11 is 0. The summed E-state index contributed by atoms with van der Waals surface area (Å²) < 4.78 is 9.29. The third-order valence-corrected chi connectivity index (χ3v) is 3.26. The van der Waals surface area contributed by atoms with Crippen LogP contribution >= 0.6 is 0 Å². The Morgan fingerprint density at radius 1 is 0.840 bits per heavy atom. The Hall–Kier alpha value is -2.84. The molecule has 0 unspecified atom stereocenters. The molecule has 0 bridgehead atoms. The van der Waals surface area contributed by atoms with Crippen molar-refractivity contribution in [3.63, 3.8) is 0 Å². The lowest BCUT2D eigenvalue weighted by molar-refractivity contribution is 0.0585. The monoisotopic (exact) mass is 344 g/mol. The third-order valence-electron chi connectivity index (χ3n) is 3.26. The molecule has 2 aromatic heterocycles. The molecule has 0 atom stereocenters. The molecule has 8 heteroatoms. The van der Waals surface area contributed by atoms with E-state index in [2.05, 4.69) is 30.1 Å². The van der Waals surface area contributed by atoms with E-state index in [0.717, 1.165) is 11.4 Å². The predicted molar refractivity (Wildman–Crippen MR) is 89.7 cm³/mol. The van der Waals surface area contributed by atoms with E-state index in [0.29, 0.717) is 19.8 Å². The number of hydrogen-bond donors (Lipinski definition) is 2. The standard InChI is InChI=1S/C17H20N4O4/c1-24-16(22)14-7-3-5-12(20-14)9-18-11-19-10-13-6-4-8-15(21-13)17(23)25-2/h3-8,18-19H,9-11H2,1-2H3. The summed E-state index contributed by atoms with van der Waals surface area (Å²) in [7, 11) is 2.64. The van der Waals surface area contributed by atoms with Gasteiger partial charge in [-0.05, 0) is 24.3 Å². The minimum atomic E-state index is -0.462. The van der Waals surface area contributed by atoms with Crippen molar-refractivity contribution in [2.45, 2.75) is 13.1 Å². The van der Waals surface area contributed by atoms with Crippen LogP contribution in [0.3, 0.4) is 0 Å². The highest BCUT2D eigenvalue weighted by atomic mass is 16.5. The number of hydrogen-bond acceptors (Lipinski definition) is 8. The van der Waals surface area contributed by atoms with Gasteiger partial charge in [-0.2, -0.15) is 0 Å². The van der Waals surface area contributed by atoms with E-state index in [-0.39, 0.29) is 11.4 Å². The van der Waals surface area contributed by atoms with Crippen molar-refractivity contribution in [2.24, 2.45) is 0 Å². The first kappa shape index (κ1) is 18.5. The summed E-state index contributed by atoms with van der Waals surface area (Å²) in [4.78, 5) is 31.3. The number of aromatic nitrogens is 2. The molecule has 2 rings (SSSR count). The maximum atomic E-state index is 11.4. The van der Waals surface area contributed by atoms with Crippen LogP contribution in [0.2, 0.25) is 0 Å². The van der Waals surface area contributed by atoms with Gasteiger partial charge in [-0.1, -0.05) is 12.1 Å². The predicted octanol–water partition coefficient (Wildman–Crippen LogP) is 0.887. The topological polar surface area (TPSA) is 102 Å². The molecule has 0 saturated carbocycles. The van der Waals surface area contributed by atoms with Crippen LogP contribution in [0.15, 0.2) is 36.4 Å². The Bertz CT molecular complexity index is 675. The van der Waals surface area contributed by atoms with Gasteiger partial charge in [0.05, 0.1) is 25.6 Å². The van der Waals surface area contributed by atoms with Gasteiger partial charge in [0.15, 0.2) is 0 Å². The van der Waals surface area contributed by atoms with Crippen molar-refractivity contribution in [3.05, 3.63) is 59.2 Å². The summed E-state index contributed by atoms with van der Waals surface area (Å²) in [6.07, 6.45) is 0. The Balaban J connectivity index is 1.77. The van der Waals surface area contributed by atoms with E-state index >= 15 is 0 Å². The number of pyridine rings is 2. The van der Waals surface area contributed by atoms with Gasteiger partial charge in [0.1, 0.15) is 11.4 Å². The van der Waals surface area contributed by atoms with Crippen LogP contribution in [-0.2, 0) is 22.6 Å². The quantitative estimate of drug-likeness (QED) is 0.413. The SMILES string of the molecule is COC(=O)c1cccc(CNCNCc2cccc(C(=O)OC)n2)n1. The molecule has 0 radical (unpaired) electrons. The number of carbonyl (C=O) groups excluding carboxylic acids is 2. The average Bonchev–Trinajstić information content (AvgIpc) is 2.67. The van der Waals surface area contributed by atoms with Crippen LogP contribution < -0.4 is 10.6 Å². The van der Waals surface area contributed by atoms with Gasteiger partial charge in [0.25, 0.3) is 0 Å². The summed E-state index contributed by atoms with van der Waals surface area (Å²) in [5, 5.41) is 6.32. The fourth-order valence-corrected chi connectivity index (χ4v) is 2.06. The highest BCUT2D eigenvalue weighted by Crippen LogP contribution is 2.02. The second-order valence-corrected chi connectivity index (χ2v) is 5.04. The van der Waals surface area contributed by atoms with Gasteiger partial charge in [-0.15, -0.1) is 0 Å². The lowest BCUT2D eigenvalue weighted by Gasteiger charge is -2.08. The molecule has 0 saturated heterocycles. The Morgan fingerprint density at radius 3 is 1.68 bits per heavy atom. The molecule has 2 aromatic rings. The fraction of sp³-hybridized carbons (Fsp3) is 0.294. The summed E-state index contributed by atoms with van der Waals surface area (Å²) in [5.41, 5.74) is 2.02. The number of methoxy groups -OCH3 is 2. The van der Waals surface area contributed by atoms with Crippen LogP contribution in [0.25, 0.3) is 0 Å². The van der Waals surface area contributed by atoms with Crippen molar-refractivity contribution in [2.75, 3.05) is 20.9 Å². The smallest absolute Gasteiger partial charge is 0.356 e. The van der Waals surface area contributed by atoms with Crippen molar-refractivity contribution in [1.29, 1.82) is 0 Å². The maximum absolute atomic E-state index is 11.4.